The number of likely N-dealkylation sites (tertiary alicyclic amines) is 1. The lowest BCUT2D eigenvalue weighted by molar-refractivity contribution is -0.133. The molecule has 1 amide bonds. The second kappa shape index (κ2) is 10.4. The molecule has 5 rings (SSSR count). The molecule has 36 heavy (non-hydrogen) atoms. The van der Waals surface area contributed by atoms with Crippen LogP contribution in [0.25, 0.3) is 0 Å². The van der Waals surface area contributed by atoms with Crippen LogP contribution in [0.2, 0.25) is 0 Å². The number of benzene rings is 1. The lowest BCUT2D eigenvalue weighted by Gasteiger charge is -2.31. The highest BCUT2D eigenvalue weighted by Crippen LogP contribution is 2.34. The molecule has 12 heteroatoms. The average Bonchev–Trinajstić information content (AvgIpc) is 3.64. The zero-order valence-electron chi connectivity index (χ0n) is 19.0. The molecule has 0 bridgehead atoms. The highest BCUT2D eigenvalue weighted by atomic mass is 32.1. The maximum Gasteiger partial charge on any atom is 0.282 e. The van der Waals surface area contributed by atoms with Crippen LogP contribution in [-0.2, 0) is 16.2 Å². The lowest BCUT2D eigenvalue weighted by Crippen LogP contribution is -2.40. The summed E-state index contributed by atoms with van der Waals surface area (Å²) in [5.41, 5.74) is 1.05. The van der Waals surface area contributed by atoms with Gasteiger partial charge in [-0.1, -0.05) is 29.4 Å². The minimum Gasteiger partial charge on any atom is -0.387 e. The molecule has 1 atom stereocenters. The predicted molar refractivity (Wildman–Crippen MR) is 123 cm³/mol. The first kappa shape index (κ1) is 24.4. The van der Waals surface area contributed by atoms with Crippen LogP contribution in [0.1, 0.15) is 71.8 Å². The minimum absolute atomic E-state index is 0.153. The molecule has 1 fully saturated rings. The van der Waals surface area contributed by atoms with Gasteiger partial charge >= 0.3 is 0 Å². The monoisotopic (exact) mass is 520 g/mol. The van der Waals surface area contributed by atoms with E-state index < -0.39 is 36.7 Å². The fourth-order valence-corrected chi connectivity index (χ4v) is 5.38. The third-order valence-electron chi connectivity index (χ3n) is 6.33. The van der Waals surface area contributed by atoms with Crippen molar-refractivity contribution < 1.29 is 27.2 Å². The van der Waals surface area contributed by atoms with E-state index in [1.165, 1.54) is 11.3 Å². The average molecular weight is 521 g/mol. The van der Waals surface area contributed by atoms with Crippen molar-refractivity contribution in [3.63, 3.8) is 0 Å². The molecule has 1 unspecified atom stereocenters. The zero-order valence-corrected chi connectivity index (χ0v) is 19.8. The second-order valence-corrected chi connectivity index (χ2v) is 9.52. The van der Waals surface area contributed by atoms with Crippen LogP contribution in [0.5, 0.6) is 0 Å². The summed E-state index contributed by atoms with van der Waals surface area (Å²) in [6.07, 6.45) is -4.24. The molecule has 0 spiro atoms. The molecule has 0 saturated carbocycles. The lowest BCUT2D eigenvalue weighted by atomic mass is 9.97. The molecule has 0 N–H and O–H groups in total. The molecular formula is C24H22F4N5O2S. The van der Waals surface area contributed by atoms with E-state index in [2.05, 4.69) is 16.3 Å². The molecule has 2 aliphatic rings. The van der Waals surface area contributed by atoms with Crippen molar-refractivity contribution in [1.29, 1.82) is 0 Å². The van der Waals surface area contributed by atoms with Crippen molar-refractivity contribution in [3.05, 3.63) is 69.4 Å². The van der Waals surface area contributed by atoms with E-state index in [-0.39, 0.29) is 12.0 Å². The van der Waals surface area contributed by atoms with E-state index in [1.54, 1.807) is 4.90 Å². The Morgan fingerprint density at radius 2 is 2.00 bits per heavy atom. The van der Waals surface area contributed by atoms with Crippen LogP contribution < -0.4 is 0 Å². The van der Waals surface area contributed by atoms with E-state index in [0.29, 0.717) is 43.1 Å². The van der Waals surface area contributed by atoms with E-state index in [4.69, 9.17) is 9.82 Å². The Balaban J connectivity index is 1.16. The summed E-state index contributed by atoms with van der Waals surface area (Å²) in [5, 5.41) is 10.6. The zero-order chi connectivity index (χ0) is 25.2. The normalized spacial score (nSPS) is 18.7. The number of hydrogen-bond acceptors (Lipinski definition) is 6. The van der Waals surface area contributed by atoms with Crippen molar-refractivity contribution in [3.8, 4) is 0 Å². The number of oxime groups is 1. The fourth-order valence-electron chi connectivity index (χ4n) is 4.38. The van der Waals surface area contributed by atoms with Crippen molar-refractivity contribution in [2.24, 2.45) is 5.16 Å². The minimum atomic E-state index is -3.00. The Bertz CT molecular complexity index is 1240. The fraction of sp³-hybridized carbons (Fsp3) is 0.417. The molecule has 3 aromatic rings. The molecule has 2 aromatic heterocycles. The van der Waals surface area contributed by atoms with Crippen LogP contribution in [0.3, 0.4) is 0 Å². The van der Waals surface area contributed by atoms with Crippen molar-refractivity contribution in [2.75, 3.05) is 13.1 Å². The largest absolute Gasteiger partial charge is 0.387 e. The van der Waals surface area contributed by atoms with Gasteiger partial charge in [0.05, 0.1) is 10.7 Å². The van der Waals surface area contributed by atoms with Crippen LogP contribution in [0.4, 0.5) is 17.6 Å². The van der Waals surface area contributed by atoms with Gasteiger partial charge < -0.3 is 9.74 Å². The summed E-state index contributed by atoms with van der Waals surface area (Å²) in [6.45, 7) is 0.334. The highest BCUT2D eigenvalue weighted by molar-refractivity contribution is 7.10. The van der Waals surface area contributed by atoms with E-state index in [9.17, 15) is 22.4 Å². The summed E-state index contributed by atoms with van der Waals surface area (Å²) in [7, 11) is 0. The molecular weight excluding hydrogens is 498 g/mol. The molecule has 189 valence electrons. The second-order valence-electron chi connectivity index (χ2n) is 8.63. The Morgan fingerprint density at radius 3 is 2.69 bits per heavy atom. The van der Waals surface area contributed by atoms with Crippen LogP contribution in [0, 0.1) is 6.07 Å². The van der Waals surface area contributed by atoms with Crippen molar-refractivity contribution in [1.82, 2.24) is 19.7 Å². The maximum atomic E-state index is 13.2. The van der Waals surface area contributed by atoms with Gasteiger partial charge in [-0.15, -0.1) is 11.3 Å². The van der Waals surface area contributed by atoms with Gasteiger partial charge in [0.25, 0.3) is 12.9 Å². The van der Waals surface area contributed by atoms with E-state index in [1.807, 2.05) is 29.6 Å². The number of hydrogen-bond donors (Lipinski definition) is 0. The van der Waals surface area contributed by atoms with Gasteiger partial charge in [-0.05, 0) is 25.0 Å². The number of carbonyl (C=O) groups is 1. The van der Waals surface area contributed by atoms with Gasteiger partial charge in [0.1, 0.15) is 23.6 Å². The number of halogens is 4. The van der Waals surface area contributed by atoms with Crippen molar-refractivity contribution in [2.45, 2.75) is 50.7 Å². The highest BCUT2D eigenvalue weighted by Gasteiger charge is 2.30. The topological polar surface area (TPSA) is 72.6 Å². The molecule has 2 aliphatic heterocycles. The van der Waals surface area contributed by atoms with Gasteiger partial charge in [-0.25, -0.2) is 22.5 Å². The predicted octanol–water partition coefficient (Wildman–Crippen LogP) is 5.29. The summed E-state index contributed by atoms with van der Waals surface area (Å²) in [4.78, 5) is 24.6. The van der Waals surface area contributed by atoms with E-state index >= 15 is 0 Å². The van der Waals surface area contributed by atoms with Crippen molar-refractivity contribution >= 4 is 23.0 Å². The van der Waals surface area contributed by atoms with Crippen LogP contribution in [0.15, 0.2) is 40.9 Å². The van der Waals surface area contributed by atoms with Gasteiger partial charge in [-0.3, -0.25) is 9.48 Å². The van der Waals surface area contributed by atoms with Gasteiger partial charge in [0, 0.05) is 36.4 Å². The first-order chi connectivity index (χ1) is 17.4. The quantitative estimate of drug-likeness (QED) is 0.397. The molecule has 1 aromatic carbocycles. The van der Waals surface area contributed by atoms with Gasteiger partial charge in [-0.2, -0.15) is 5.10 Å². The number of nitrogens with zero attached hydrogens (tertiary/aromatic N) is 5. The van der Waals surface area contributed by atoms with Gasteiger partial charge in [0.15, 0.2) is 6.10 Å². The standard InChI is InChI=1S/C24H22F4N5O2S/c25-22(26)17-10-19(23(27)28)33(30-17)12-21(34)32-8-6-15(7-9-32)24-29-18(13-36-24)16-11-20(35-31-16)14-4-2-1-3-5-14/h1-4,10,13,15,20,22-23H,6-9,11-12H2. The molecule has 0 aliphatic carbocycles. The molecule has 7 nitrogen and oxygen atoms in total. The number of piperidine rings is 1. The summed E-state index contributed by atoms with van der Waals surface area (Å²) in [6, 6.07) is 11.4. The number of alkyl halides is 4. The Hall–Kier alpha value is -3.28. The number of aromatic nitrogens is 3. The number of rotatable bonds is 7. The first-order valence-electron chi connectivity index (χ1n) is 11.5. The SMILES string of the molecule is O=C(Cn1nc(C(F)F)cc1C(F)F)N1CCC(c2nc(C3=NOC(c4[c]cccc4)C3)cs2)CC1. The number of thiazole rings is 1. The summed E-state index contributed by atoms with van der Waals surface area (Å²) < 4.78 is 52.8. The van der Waals surface area contributed by atoms with Crippen LogP contribution >= 0.6 is 11.3 Å². The molecule has 1 saturated heterocycles. The third kappa shape index (κ3) is 5.13. The smallest absolute Gasteiger partial charge is 0.282 e. The molecule has 1 radical (unpaired) electrons. The Morgan fingerprint density at radius 1 is 1.19 bits per heavy atom. The number of carbonyl (C=O) groups excluding carboxylic acids is 1. The van der Waals surface area contributed by atoms with Crippen LogP contribution in [-0.4, -0.2) is 44.4 Å². The van der Waals surface area contributed by atoms with E-state index in [0.717, 1.165) is 22.0 Å². The summed E-state index contributed by atoms with van der Waals surface area (Å²) >= 11 is 1.54. The third-order valence-corrected chi connectivity index (χ3v) is 7.33. The summed E-state index contributed by atoms with van der Waals surface area (Å²) in [5.74, 6) is -0.277. The Kier molecular flexibility index (Phi) is 7.04. The number of amides is 1. The molecule has 4 heterocycles. The maximum absolute atomic E-state index is 13.2. The first-order valence-corrected chi connectivity index (χ1v) is 12.3. The Labute approximate surface area is 208 Å². The van der Waals surface area contributed by atoms with Gasteiger partial charge in [0.2, 0.25) is 5.91 Å².